The van der Waals surface area contributed by atoms with Crippen molar-refractivity contribution in [1.82, 2.24) is 0 Å². The second-order valence-corrected chi connectivity index (χ2v) is 0.250. The molecular formula is CH4K2O3Pb. The first-order valence-electron chi connectivity index (χ1n) is 0.612. The van der Waals surface area contributed by atoms with Crippen molar-refractivity contribution < 1.29 is 118 Å². The average Bonchev–Trinajstić information content (AvgIpc) is 0.811. The van der Waals surface area contributed by atoms with Crippen LogP contribution >= 0.6 is 0 Å². The minimum atomic E-state index is -2.33. The first kappa shape index (κ1) is 22.4. The molecule has 0 spiro atoms. The molecule has 0 aliphatic heterocycles. The molecule has 0 N–H and O–H groups in total. The zero-order chi connectivity index (χ0) is 3.58. The number of carbonyl (C=O) groups is 1. The van der Waals surface area contributed by atoms with E-state index in [9.17, 15) is 0 Å². The molecule has 32 valence electrons. The summed E-state index contributed by atoms with van der Waals surface area (Å²) in [5.41, 5.74) is 0. The summed E-state index contributed by atoms with van der Waals surface area (Å²) in [5.74, 6) is 0. The molecule has 0 saturated carbocycles. The van der Waals surface area contributed by atoms with Crippen LogP contribution in [0.1, 0.15) is 0 Å². The van der Waals surface area contributed by atoms with Crippen molar-refractivity contribution in [2.75, 3.05) is 0 Å². The zero-order valence-corrected chi connectivity index (χ0v) is 9.97. The van der Waals surface area contributed by atoms with Crippen molar-refractivity contribution in [2.45, 2.75) is 0 Å². The zero-order valence-electron chi connectivity index (χ0n) is 3.72. The van der Waals surface area contributed by atoms with Crippen LogP contribution in [0.3, 0.4) is 0 Å². The first-order valence-corrected chi connectivity index (χ1v) is 0.612. The molecule has 0 fully saturated rings. The molecular weight excluding hydrogens is 345 g/mol. The monoisotopic (exact) mass is 350 g/mol. The van der Waals surface area contributed by atoms with Crippen LogP contribution in [0, 0.1) is 0 Å². The maximum atomic E-state index is 8.33. The van der Waals surface area contributed by atoms with Gasteiger partial charge in [-0.05, 0) is 6.16 Å². The van der Waals surface area contributed by atoms with Gasteiger partial charge in [0, 0.05) is 0 Å². The summed E-state index contributed by atoms with van der Waals surface area (Å²) in [5, 5.41) is 16.7. The molecule has 0 amide bonds. The van der Waals surface area contributed by atoms with E-state index < -0.39 is 6.16 Å². The summed E-state index contributed by atoms with van der Waals surface area (Å²) in [6.45, 7) is 0. The van der Waals surface area contributed by atoms with Crippen LogP contribution in [-0.4, -0.2) is 33.5 Å². The number of hydrogen-bond donors (Lipinski definition) is 0. The van der Waals surface area contributed by atoms with E-state index in [1.807, 2.05) is 0 Å². The molecule has 0 heterocycles. The van der Waals surface area contributed by atoms with E-state index in [0.29, 0.717) is 0 Å². The Hall–Kier alpha value is 3.46. The van der Waals surface area contributed by atoms with Gasteiger partial charge >= 0.3 is 130 Å². The SMILES string of the molecule is O=C([O-])[O-].[K+].[K+].[PbH4]. The van der Waals surface area contributed by atoms with E-state index in [1.165, 1.54) is 0 Å². The van der Waals surface area contributed by atoms with Crippen LogP contribution in [0.4, 0.5) is 4.79 Å². The van der Waals surface area contributed by atoms with Gasteiger partial charge in [-0.25, -0.2) is 0 Å². The van der Waals surface area contributed by atoms with Gasteiger partial charge in [0.05, 0.1) is 0 Å². The van der Waals surface area contributed by atoms with Gasteiger partial charge in [0.15, 0.2) is 0 Å². The molecule has 3 nitrogen and oxygen atoms in total. The van der Waals surface area contributed by atoms with Crippen molar-refractivity contribution in [1.29, 1.82) is 0 Å². The molecule has 0 radical (unpaired) electrons. The van der Waals surface area contributed by atoms with Gasteiger partial charge in [0.1, 0.15) is 0 Å². The minimum absolute atomic E-state index is 0. The van der Waals surface area contributed by atoms with Crippen LogP contribution in [0.25, 0.3) is 0 Å². The van der Waals surface area contributed by atoms with E-state index in [4.69, 9.17) is 15.0 Å². The normalized spacial score (nSPS) is 3.43. The van der Waals surface area contributed by atoms with Crippen molar-refractivity contribution in [2.24, 2.45) is 0 Å². The summed E-state index contributed by atoms with van der Waals surface area (Å²) >= 11 is 0. The van der Waals surface area contributed by atoms with Crippen LogP contribution in [-0.2, 0) is 0 Å². The molecule has 0 aromatic rings. The van der Waals surface area contributed by atoms with Gasteiger partial charge in [0.25, 0.3) is 0 Å². The molecule has 0 aliphatic rings. The number of hydrogen-bond acceptors (Lipinski definition) is 3. The number of carbonyl (C=O) groups excluding carboxylic acids is 1. The van der Waals surface area contributed by atoms with Crippen LogP contribution < -0.4 is 113 Å². The van der Waals surface area contributed by atoms with E-state index in [0.717, 1.165) is 0 Å². The number of carboxylic acid groups (broad SMARTS) is 2. The van der Waals surface area contributed by atoms with Gasteiger partial charge in [-0.2, -0.15) is 0 Å². The van der Waals surface area contributed by atoms with E-state index in [-0.39, 0.29) is 130 Å². The van der Waals surface area contributed by atoms with E-state index in [1.54, 1.807) is 0 Å². The molecule has 7 heavy (non-hydrogen) atoms. The van der Waals surface area contributed by atoms with Gasteiger partial charge in [0.2, 0.25) is 0 Å². The third-order valence-electron chi connectivity index (χ3n) is 0. The summed E-state index contributed by atoms with van der Waals surface area (Å²) in [7, 11) is 0. The fraction of sp³-hybridized carbons (Fsp3) is 0. The fourth-order valence-corrected chi connectivity index (χ4v) is 0. The maximum absolute atomic E-state index is 8.33. The standard InChI is InChI=1S/CH2O3.2K.Pb.4H/c2-1(3)4;;;;;;;/h(H2,2,3,4);;;;;;;/q;2*+1;;;;;/p-2. The molecule has 6 heteroatoms. The average molecular weight is 349 g/mol. The number of rotatable bonds is 0. The van der Waals surface area contributed by atoms with Crippen molar-refractivity contribution >= 4 is 33.5 Å². The van der Waals surface area contributed by atoms with Crippen molar-refractivity contribution in [3.8, 4) is 0 Å². The molecule has 0 unspecified atom stereocenters. The summed E-state index contributed by atoms with van der Waals surface area (Å²) in [6, 6.07) is 0. The Balaban J connectivity index is -0.0000000150. The van der Waals surface area contributed by atoms with Crippen LogP contribution in [0.2, 0.25) is 0 Å². The Morgan fingerprint density at radius 2 is 1.14 bits per heavy atom. The fourth-order valence-electron chi connectivity index (χ4n) is 0. The summed E-state index contributed by atoms with van der Waals surface area (Å²) in [4.78, 5) is 8.33. The Kier molecular flexibility index (Phi) is 52.0. The predicted octanol–water partition coefficient (Wildman–Crippen LogP) is -9.89. The van der Waals surface area contributed by atoms with Gasteiger partial charge < -0.3 is 15.0 Å². The van der Waals surface area contributed by atoms with E-state index in [2.05, 4.69) is 0 Å². The first-order chi connectivity index (χ1) is 1.73. The third-order valence-corrected chi connectivity index (χ3v) is 0. The van der Waals surface area contributed by atoms with Gasteiger partial charge in [-0.1, -0.05) is 0 Å². The molecule has 0 aromatic carbocycles. The second kappa shape index (κ2) is 16.2. The summed E-state index contributed by atoms with van der Waals surface area (Å²) in [6.07, 6.45) is -2.33. The second-order valence-electron chi connectivity index (χ2n) is 0.250. The Morgan fingerprint density at radius 1 is 1.14 bits per heavy atom. The molecule has 0 aliphatic carbocycles. The molecule has 0 atom stereocenters. The quantitative estimate of drug-likeness (QED) is 0.408. The molecule has 0 aromatic heterocycles. The Labute approximate surface area is 147 Å². The van der Waals surface area contributed by atoms with Crippen LogP contribution in [0.15, 0.2) is 0 Å². The van der Waals surface area contributed by atoms with E-state index >= 15 is 0 Å². The van der Waals surface area contributed by atoms with Gasteiger partial charge in [-0.3, -0.25) is 0 Å². The third kappa shape index (κ3) is 43.9. The van der Waals surface area contributed by atoms with Crippen LogP contribution in [0.5, 0.6) is 0 Å². The topological polar surface area (TPSA) is 63.2 Å². The predicted molar refractivity (Wildman–Crippen MR) is 16.7 cm³/mol. The summed E-state index contributed by atoms with van der Waals surface area (Å²) < 4.78 is 0. The Bertz CT molecular complexity index is 35.9. The Morgan fingerprint density at radius 3 is 1.14 bits per heavy atom. The molecule has 0 saturated heterocycles. The molecule has 0 bridgehead atoms. The van der Waals surface area contributed by atoms with Crippen molar-refractivity contribution in [3.05, 3.63) is 0 Å². The van der Waals surface area contributed by atoms with Crippen molar-refractivity contribution in [3.63, 3.8) is 0 Å². The molecule has 0 rings (SSSR count). The van der Waals surface area contributed by atoms with Gasteiger partial charge in [-0.15, -0.1) is 0 Å².